The van der Waals surface area contributed by atoms with Gasteiger partial charge in [-0.05, 0) is 78.9 Å². The van der Waals surface area contributed by atoms with Crippen LogP contribution in [0, 0.1) is 0 Å². The van der Waals surface area contributed by atoms with Gasteiger partial charge >= 0.3 is 0 Å². The molecule has 4 aromatic heterocycles. The van der Waals surface area contributed by atoms with E-state index >= 15 is 0 Å². The topological polar surface area (TPSA) is 40.6 Å². The van der Waals surface area contributed by atoms with Crippen LogP contribution in [0.15, 0.2) is 224 Å². The standard InChI is InChI=1S/C58H37N5/c1-3-17-38(18-4-1)49-37-50(39-19-5-2-6-20-39)60-58(59-49)46-25-11-16-30-55(46)63-56-33-31-40(61-51-26-12-7-21-42(51)43-22-8-13-27-52(43)61)35-47(56)48-36-41(32-34-57(48)63)62-53-28-14-9-23-44(53)45-24-10-15-29-54(45)62/h1-37H. The highest BCUT2D eigenvalue weighted by Crippen LogP contribution is 2.41. The van der Waals surface area contributed by atoms with Gasteiger partial charge in [-0.3, -0.25) is 0 Å². The largest absolute Gasteiger partial charge is 0.309 e. The fourth-order valence-electron chi connectivity index (χ4n) is 9.88. The van der Waals surface area contributed by atoms with E-state index in [1.165, 1.54) is 43.6 Å². The Kier molecular flexibility index (Phi) is 7.84. The molecule has 0 spiro atoms. The van der Waals surface area contributed by atoms with Crippen molar-refractivity contribution < 1.29 is 0 Å². The van der Waals surface area contributed by atoms with E-state index in [1.54, 1.807) is 0 Å². The van der Waals surface area contributed by atoms with Gasteiger partial charge in [0.15, 0.2) is 5.82 Å². The van der Waals surface area contributed by atoms with Gasteiger partial charge < -0.3 is 13.7 Å². The highest BCUT2D eigenvalue weighted by Gasteiger charge is 2.22. The second kappa shape index (κ2) is 14.0. The number of fused-ring (bicyclic) bond motifs is 9. The zero-order valence-electron chi connectivity index (χ0n) is 34.1. The molecule has 0 radical (unpaired) electrons. The molecule has 0 aliphatic rings. The van der Waals surface area contributed by atoms with E-state index in [9.17, 15) is 0 Å². The van der Waals surface area contributed by atoms with Gasteiger partial charge in [0.05, 0.1) is 50.2 Å². The van der Waals surface area contributed by atoms with Crippen molar-refractivity contribution in [2.45, 2.75) is 0 Å². The van der Waals surface area contributed by atoms with E-state index in [-0.39, 0.29) is 0 Å². The summed E-state index contributed by atoms with van der Waals surface area (Å²) in [6.07, 6.45) is 0. The summed E-state index contributed by atoms with van der Waals surface area (Å²) in [5.41, 5.74) is 15.0. The number of hydrogen-bond acceptors (Lipinski definition) is 2. The van der Waals surface area contributed by atoms with E-state index in [2.05, 4.69) is 226 Å². The minimum atomic E-state index is 0.671. The van der Waals surface area contributed by atoms with Gasteiger partial charge in [0.25, 0.3) is 0 Å². The summed E-state index contributed by atoms with van der Waals surface area (Å²) in [6.45, 7) is 0. The van der Waals surface area contributed by atoms with Crippen molar-refractivity contribution in [2.75, 3.05) is 0 Å². The number of rotatable bonds is 6. The predicted octanol–water partition coefficient (Wildman–Crippen LogP) is 14.8. The first kappa shape index (κ1) is 35.2. The summed E-state index contributed by atoms with van der Waals surface area (Å²) >= 11 is 0. The SMILES string of the molecule is c1ccc(-c2cc(-c3ccccc3)nc(-c3ccccc3-n3c4ccc(-n5c6ccccc6c6ccccc65)cc4c4cc(-n5c6ccccc6c6ccccc65)ccc43)n2)cc1. The minimum absolute atomic E-state index is 0.671. The molecular formula is C58H37N5. The molecule has 0 aliphatic heterocycles. The van der Waals surface area contributed by atoms with Crippen LogP contribution >= 0.6 is 0 Å². The third kappa shape index (κ3) is 5.50. The molecule has 0 N–H and O–H groups in total. The van der Waals surface area contributed by atoms with Gasteiger partial charge in [-0.1, -0.05) is 146 Å². The molecule has 13 rings (SSSR count). The summed E-state index contributed by atoms with van der Waals surface area (Å²) in [5, 5.41) is 7.28. The van der Waals surface area contributed by atoms with Crippen LogP contribution < -0.4 is 0 Å². The lowest BCUT2D eigenvalue weighted by Crippen LogP contribution is -2.02. The Morgan fingerprint density at radius 2 is 0.635 bits per heavy atom. The van der Waals surface area contributed by atoms with Gasteiger partial charge in [0.1, 0.15) is 0 Å². The van der Waals surface area contributed by atoms with Crippen molar-refractivity contribution >= 4 is 65.4 Å². The second-order valence-electron chi connectivity index (χ2n) is 16.2. The van der Waals surface area contributed by atoms with Crippen molar-refractivity contribution in [1.29, 1.82) is 0 Å². The van der Waals surface area contributed by atoms with E-state index < -0.39 is 0 Å². The van der Waals surface area contributed by atoms with E-state index in [1.807, 2.05) is 12.1 Å². The van der Waals surface area contributed by atoms with Crippen LogP contribution in [-0.2, 0) is 0 Å². The highest BCUT2D eigenvalue weighted by atomic mass is 15.0. The molecule has 9 aromatic carbocycles. The molecule has 0 amide bonds. The fraction of sp³-hybridized carbons (Fsp3) is 0. The van der Waals surface area contributed by atoms with Gasteiger partial charge in [-0.15, -0.1) is 0 Å². The number of para-hydroxylation sites is 5. The molecule has 0 unspecified atom stereocenters. The Labute approximate surface area is 363 Å². The average Bonchev–Trinajstić information content (AvgIpc) is 3.99. The van der Waals surface area contributed by atoms with Crippen molar-refractivity contribution in [3.63, 3.8) is 0 Å². The second-order valence-corrected chi connectivity index (χ2v) is 16.2. The molecule has 4 heterocycles. The molecule has 5 heteroatoms. The summed E-state index contributed by atoms with van der Waals surface area (Å²) in [4.78, 5) is 10.6. The lowest BCUT2D eigenvalue weighted by atomic mass is 10.1. The summed E-state index contributed by atoms with van der Waals surface area (Å²) in [5.74, 6) is 0.671. The van der Waals surface area contributed by atoms with Crippen LogP contribution in [0.1, 0.15) is 0 Å². The maximum atomic E-state index is 5.31. The highest BCUT2D eigenvalue weighted by molar-refractivity contribution is 6.14. The lowest BCUT2D eigenvalue weighted by molar-refractivity contribution is 1.13. The molecule has 13 aromatic rings. The van der Waals surface area contributed by atoms with Crippen LogP contribution in [0.5, 0.6) is 0 Å². The Morgan fingerprint density at radius 3 is 1.08 bits per heavy atom. The molecule has 294 valence electrons. The maximum Gasteiger partial charge on any atom is 0.162 e. The lowest BCUT2D eigenvalue weighted by Gasteiger charge is -2.15. The Hall–Kier alpha value is -8.54. The van der Waals surface area contributed by atoms with Gasteiger partial charge in [-0.2, -0.15) is 0 Å². The first-order chi connectivity index (χ1) is 31.3. The van der Waals surface area contributed by atoms with E-state index in [4.69, 9.17) is 9.97 Å². The zero-order chi connectivity index (χ0) is 41.4. The van der Waals surface area contributed by atoms with Crippen LogP contribution in [0.4, 0.5) is 0 Å². The third-order valence-corrected chi connectivity index (χ3v) is 12.7. The van der Waals surface area contributed by atoms with Crippen LogP contribution in [0.3, 0.4) is 0 Å². The molecule has 0 bridgehead atoms. The van der Waals surface area contributed by atoms with Gasteiger partial charge in [0, 0.05) is 60.4 Å². The molecule has 0 saturated heterocycles. The van der Waals surface area contributed by atoms with Gasteiger partial charge in [-0.25, -0.2) is 9.97 Å². The van der Waals surface area contributed by atoms with Crippen LogP contribution in [0.25, 0.3) is 116 Å². The summed E-state index contributed by atoms with van der Waals surface area (Å²) in [7, 11) is 0. The molecule has 0 fully saturated rings. The predicted molar refractivity (Wildman–Crippen MR) is 261 cm³/mol. The third-order valence-electron chi connectivity index (χ3n) is 12.7. The average molecular weight is 804 g/mol. The molecule has 63 heavy (non-hydrogen) atoms. The number of aromatic nitrogens is 5. The zero-order valence-corrected chi connectivity index (χ0v) is 34.1. The molecule has 0 atom stereocenters. The van der Waals surface area contributed by atoms with Crippen LogP contribution in [-0.4, -0.2) is 23.7 Å². The maximum absolute atomic E-state index is 5.31. The van der Waals surface area contributed by atoms with Crippen molar-refractivity contribution in [2.24, 2.45) is 0 Å². The van der Waals surface area contributed by atoms with Crippen LogP contribution in [0.2, 0.25) is 0 Å². The summed E-state index contributed by atoms with van der Waals surface area (Å²) in [6, 6.07) is 80.2. The number of benzene rings is 9. The number of hydrogen-bond donors (Lipinski definition) is 0. The first-order valence-corrected chi connectivity index (χ1v) is 21.4. The normalized spacial score (nSPS) is 11.8. The Morgan fingerprint density at radius 1 is 0.270 bits per heavy atom. The molecule has 0 saturated carbocycles. The smallest absolute Gasteiger partial charge is 0.162 e. The Balaban J connectivity index is 1.10. The van der Waals surface area contributed by atoms with Crippen molar-refractivity contribution in [1.82, 2.24) is 23.7 Å². The quantitative estimate of drug-likeness (QED) is 0.168. The molecule has 5 nitrogen and oxygen atoms in total. The van der Waals surface area contributed by atoms with Crippen molar-refractivity contribution in [3.05, 3.63) is 224 Å². The molecule has 0 aliphatic carbocycles. The fourth-order valence-corrected chi connectivity index (χ4v) is 9.88. The first-order valence-electron chi connectivity index (χ1n) is 21.4. The Bertz CT molecular complexity index is 3570. The monoisotopic (exact) mass is 803 g/mol. The summed E-state index contributed by atoms with van der Waals surface area (Å²) < 4.78 is 7.23. The van der Waals surface area contributed by atoms with E-state index in [0.29, 0.717) is 5.82 Å². The minimum Gasteiger partial charge on any atom is -0.309 e. The van der Waals surface area contributed by atoms with E-state index in [0.717, 1.165) is 66.9 Å². The number of nitrogens with zero attached hydrogens (tertiary/aromatic N) is 5. The van der Waals surface area contributed by atoms with Crippen molar-refractivity contribution in [3.8, 4) is 51.0 Å². The van der Waals surface area contributed by atoms with Gasteiger partial charge in [0.2, 0.25) is 0 Å². The molecular weight excluding hydrogens is 767 g/mol.